The van der Waals surface area contributed by atoms with Gasteiger partial charge in [-0.3, -0.25) is 0 Å². The Morgan fingerprint density at radius 2 is 1.52 bits per heavy atom. The van der Waals surface area contributed by atoms with Crippen LogP contribution in [0.1, 0.15) is 37.5 Å². The maximum Gasteiger partial charge on any atom is 0.122 e. The topological polar surface area (TPSA) is 18.5 Å². The molecule has 0 atom stereocenters. The van der Waals surface area contributed by atoms with E-state index in [9.17, 15) is 0 Å². The van der Waals surface area contributed by atoms with Crippen molar-refractivity contribution < 1.29 is 9.47 Å². The molecule has 0 spiro atoms. The van der Waals surface area contributed by atoms with Crippen molar-refractivity contribution in [3.05, 3.63) is 59.2 Å². The molecule has 112 valence electrons. The van der Waals surface area contributed by atoms with E-state index in [2.05, 4.69) is 51.1 Å². The molecule has 2 heteroatoms. The van der Waals surface area contributed by atoms with Gasteiger partial charge >= 0.3 is 0 Å². The molecule has 0 amide bonds. The first-order valence-electron chi connectivity index (χ1n) is 7.24. The van der Waals surface area contributed by atoms with Crippen LogP contribution >= 0.6 is 0 Å². The zero-order valence-corrected chi connectivity index (χ0v) is 13.6. The number of ether oxygens (including phenoxy) is 2. The molecule has 2 aromatic carbocycles. The van der Waals surface area contributed by atoms with Crippen LogP contribution in [0.3, 0.4) is 0 Å². The van der Waals surface area contributed by atoms with Crippen LogP contribution in [0, 0.1) is 0 Å². The second-order valence-electron chi connectivity index (χ2n) is 6.30. The maximum absolute atomic E-state index is 5.51. The molecule has 0 saturated heterocycles. The van der Waals surface area contributed by atoms with Gasteiger partial charge in [0.25, 0.3) is 0 Å². The number of rotatable bonds is 4. The van der Waals surface area contributed by atoms with Gasteiger partial charge in [0.1, 0.15) is 11.5 Å². The van der Waals surface area contributed by atoms with Gasteiger partial charge in [-0.2, -0.15) is 0 Å². The minimum atomic E-state index is 0.140. The molecule has 0 radical (unpaired) electrons. The summed E-state index contributed by atoms with van der Waals surface area (Å²) in [6, 6.07) is 14.7. The van der Waals surface area contributed by atoms with Crippen molar-refractivity contribution in [3.63, 3.8) is 0 Å². The molecule has 0 bridgehead atoms. The van der Waals surface area contributed by atoms with Gasteiger partial charge in [0, 0.05) is 6.42 Å². The molecule has 2 aromatic rings. The monoisotopic (exact) mass is 284 g/mol. The summed E-state index contributed by atoms with van der Waals surface area (Å²) in [6.07, 6.45) is 0.858. The lowest BCUT2D eigenvalue weighted by Crippen LogP contribution is -2.11. The van der Waals surface area contributed by atoms with E-state index in [-0.39, 0.29) is 5.41 Å². The molecule has 21 heavy (non-hydrogen) atoms. The molecule has 0 unspecified atom stereocenters. The molecule has 0 fully saturated rings. The van der Waals surface area contributed by atoms with Gasteiger partial charge in [0.15, 0.2) is 0 Å². The molecule has 0 aliphatic carbocycles. The van der Waals surface area contributed by atoms with Crippen molar-refractivity contribution >= 4 is 0 Å². The minimum absolute atomic E-state index is 0.140. The van der Waals surface area contributed by atoms with E-state index in [0.717, 1.165) is 17.9 Å². The number of hydrogen-bond acceptors (Lipinski definition) is 2. The summed E-state index contributed by atoms with van der Waals surface area (Å²) in [6.45, 7) is 6.68. The molecular weight excluding hydrogens is 260 g/mol. The second kappa shape index (κ2) is 6.21. The summed E-state index contributed by atoms with van der Waals surface area (Å²) >= 11 is 0. The fourth-order valence-electron chi connectivity index (χ4n) is 2.35. The molecule has 2 rings (SSSR count). The number of benzene rings is 2. The Bertz CT molecular complexity index is 592. The Labute approximate surface area is 127 Å². The lowest BCUT2D eigenvalue weighted by molar-refractivity contribution is 0.409. The van der Waals surface area contributed by atoms with Crippen LogP contribution in [-0.4, -0.2) is 14.2 Å². The third-order valence-corrected chi connectivity index (χ3v) is 3.70. The lowest BCUT2D eigenvalue weighted by atomic mass is 9.85. The number of methoxy groups -OCH3 is 2. The summed E-state index contributed by atoms with van der Waals surface area (Å²) in [5.41, 5.74) is 3.93. The minimum Gasteiger partial charge on any atom is -0.497 e. The van der Waals surface area contributed by atoms with Gasteiger partial charge < -0.3 is 9.47 Å². The molecule has 0 aliphatic rings. The second-order valence-corrected chi connectivity index (χ2v) is 6.30. The Balaban J connectivity index is 2.32. The third-order valence-electron chi connectivity index (χ3n) is 3.70. The van der Waals surface area contributed by atoms with Gasteiger partial charge in [-0.05, 0) is 40.3 Å². The van der Waals surface area contributed by atoms with Gasteiger partial charge in [0.2, 0.25) is 0 Å². The first-order valence-corrected chi connectivity index (χ1v) is 7.24. The summed E-state index contributed by atoms with van der Waals surface area (Å²) < 4.78 is 10.7. The first kappa shape index (κ1) is 15.4. The molecule has 0 N–H and O–H groups in total. The van der Waals surface area contributed by atoms with Crippen molar-refractivity contribution in [1.29, 1.82) is 0 Å². The van der Waals surface area contributed by atoms with Crippen molar-refractivity contribution in [2.24, 2.45) is 0 Å². The Morgan fingerprint density at radius 3 is 2.05 bits per heavy atom. The van der Waals surface area contributed by atoms with Crippen LogP contribution in [0.15, 0.2) is 42.5 Å². The van der Waals surface area contributed by atoms with Gasteiger partial charge in [0.05, 0.1) is 14.2 Å². The Morgan fingerprint density at radius 1 is 0.857 bits per heavy atom. The maximum atomic E-state index is 5.51. The quantitative estimate of drug-likeness (QED) is 0.817. The van der Waals surface area contributed by atoms with E-state index in [1.54, 1.807) is 14.2 Å². The normalized spacial score (nSPS) is 11.3. The predicted octanol–water partition coefficient (Wildman–Crippen LogP) is 4.59. The summed E-state index contributed by atoms with van der Waals surface area (Å²) in [7, 11) is 3.41. The Hall–Kier alpha value is -1.96. The van der Waals surface area contributed by atoms with Gasteiger partial charge in [-0.15, -0.1) is 0 Å². The molecule has 0 aliphatic heterocycles. The number of hydrogen-bond donors (Lipinski definition) is 0. The van der Waals surface area contributed by atoms with E-state index in [1.165, 1.54) is 16.7 Å². The summed E-state index contributed by atoms with van der Waals surface area (Å²) in [5, 5.41) is 0. The van der Waals surface area contributed by atoms with Crippen molar-refractivity contribution in [2.75, 3.05) is 14.2 Å². The zero-order valence-electron chi connectivity index (χ0n) is 13.6. The van der Waals surface area contributed by atoms with E-state index in [0.29, 0.717) is 0 Å². The van der Waals surface area contributed by atoms with Crippen LogP contribution in [0.25, 0.3) is 0 Å². The standard InChI is InChI=1S/C19H24O2/c1-19(2,3)16-8-11-18(21-5)15(13-16)12-14-6-9-17(20-4)10-7-14/h6-11,13H,12H2,1-5H3. The SMILES string of the molecule is COc1ccc(Cc2cc(C(C)(C)C)ccc2OC)cc1. The van der Waals surface area contributed by atoms with Crippen molar-refractivity contribution in [1.82, 2.24) is 0 Å². The van der Waals surface area contributed by atoms with Crippen LogP contribution in [-0.2, 0) is 11.8 Å². The van der Waals surface area contributed by atoms with Crippen LogP contribution in [0.4, 0.5) is 0 Å². The Kier molecular flexibility index (Phi) is 4.56. The third kappa shape index (κ3) is 3.78. The van der Waals surface area contributed by atoms with Crippen molar-refractivity contribution in [3.8, 4) is 11.5 Å². The molecule has 0 saturated carbocycles. The van der Waals surface area contributed by atoms with Crippen molar-refractivity contribution in [2.45, 2.75) is 32.6 Å². The highest BCUT2D eigenvalue weighted by molar-refractivity contribution is 5.43. The smallest absolute Gasteiger partial charge is 0.122 e. The van der Waals surface area contributed by atoms with E-state index in [4.69, 9.17) is 9.47 Å². The molecule has 0 aromatic heterocycles. The van der Waals surface area contributed by atoms with Crippen LogP contribution in [0.2, 0.25) is 0 Å². The molecule has 0 heterocycles. The average molecular weight is 284 g/mol. The highest BCUT2D eigenvalue weighted by atomic mass is 16.5. The predicted molar refractivity (Wildman–Crippen MR) is 87.5 cm³/mol. The van der Waals surface area contributed by atoms with E-state index >= 15 is 0 Å². The largest absolute Gasteiger partial charge is 0.497 e. The fraction of sp³-hybridized carbons (Fsp3) is 0.368. The van der Waals surface area contributed by atoms with Crippen LogP contribution in [0.5, 0.6) is 11.5 Å². The van der Waals surface area contributed by atoms with Gasteiger partial charge in [-0.1, -0.05) is 45.0 Å². The summed E-state index contributed by atoms with van der Waals surface area (Å²) in [5.74, 6) is 1.83. The lowest BCUT2D eigenvalue weighted by Gasteiger charge is -2.21. The highest BCUT2D eigenvalue weighted by Crippen LogP contribution is 2.29. The average Bonchev–Trinajstić information content (AvgIpc) is 2.47. The van der Waals surface area contributed by atoms with E-state index < -0.39 is 0 Å². The van der Waals surface area contributed by atoms with E-state index in [1.807, 2.05) is 12.1 Å². The molecular formula is C19H24O2. The van der Waals surface area contributed by atoms with Crippen LogP contribution < -0.4 is 9.47 Å². The van der Waals surface area contributed by atoms with Gasteiger partial charge in [-0.25, -0.2) is 0 Å². The fourth-order valence-corrected chi connectivity index (χ4v) is 2.35. The summed E-state index contributed by atoms with van der Waals surface area (Å²) in [4.78, 5) is 0. The molecule has 2 nitrogen and oxygen atoms in total. The highest BCUT2D eigenvalue weighted by Gasteiger charge is 2.16. The zero-order chi connectivity index (χ0) is 15.5. The first-order chi connectivity index (χ1) is 9.94.